The summed E-state index contributed by atoms with van der Waals surface area (Å²) in [6, 6.07) is 16.5. The number of nitrogens with zero attached hydrogens (tertiary/aromatic N) is 1. The molecular formula is C24H28N2O6S2. The van der Waals surface area contributed by atoms with Crippen LogP contribution in [0.3, 0.4) is 0 Å². The van der Waals surface area contributed by atoms with Gasteiger partial charge in [-0.15, -0.1) is 0 Å². The predicted octanol–water partition coefficient (Wildman–Crippen LogP) is 3.38. The van der Waals surface area contributed by atoms with Crippen molar-refractivity contribution in [3.05, 3.63) is 60.7 Å². The maximum atomic E-state index is 12.7. The standard InChI is InChI=1S/C24H28N2O6S2/c1-31-22-7-5-20-18-24(10-6-19(20)17-22)33(27,28)25-13-16-32-21-8-11-23(12-9-21)34(29,30)26-14-3-2-4-15-26/h5-12,17-18,25H,2-4,13-16H2,1H3. The minimum atomic E-state index is -3.71. The van der Waals surface area contributed by atoms with Crippen molar-refractivity contribution in [1.82, 2.24) is 9.03 Å². The molecule has 0 saturated carbocycles. The number of fused-ring (bicyclic) bond motifs is 1. The molecule has 1 N–H and O–H groups in total. The fourth-order valence-corrected chi connectivity index (χ4v) is 6.45. The number of piperidine rings is 1. The van der Waals surface area contributed by atoms with Crippen molar-refractivity contribution in [2.75, 3.05) is 33.4 Å². The predicted molar refractivity (Wildman–Crippen MR) is 130 cm³/mol. The van der Waals surface area contributed by atoms with Gasteiger partial charge >= 0.3 is 0 Å². The van der Waals surface area contributed by atoms with Crippen LogP contribution in [0.5, 0.6) is 11.5 Å². The van der Waals surface area contributed by atoms with Gasteiger partial charge in [-0.3, -0.25) is 0 Å². The van der Waals surface area contributed by atoms with Gasteiger partial charge in [0.25, 0.3) is 0 Å². The molecule has 0 bridgehead atoms. The molecule has 0 amide bonds. The van der Waals surface area contributed by atoms with E-state index in [4.69, 9.17) is 9.47 Å². The van der Waals surface area contributed by atoms with Gasteiger partial charge in [0.2, 0.25) is 20.0 Å². The molecule has 3 aromatic carbocycles. The Kier molecular flexibility index (Phi) is 7.42. The van der Waals surface area contributed by atoms with Gasteiger partial charge in [-0.25, -0.2) is 21.6 Å². The molecule has 0 aliphatic carbocycles. The van der Waals surface area contributed by atoms with E-state index in [1.807, 2.05) is 12.1 Å². The van der Waals surface area contributed by atoms with Gasteiger partial charge in [0.15, 0.2) is 0 Å². The first kappa shape index (κ1) is 24.5. The summed E-state index contributed by atoms with van der Waals surface area (Å²) >= 11 is 0. The van der Waals surface area contributed by atoms with Crippen molar-refractivity contribution in [2.24, 2.45) is 0 Å². The van der Waals surface area contributed by atoms with Crippen molar-refractivity contribution >= 4 is 30.8 Å². The molecule has 1 aliphatic rings. The third-order valence-corrected chi connectivity index (χ3v) is 9.14. The summed E-state index contributed by atoms with van der Waals surface area (Å²) in [5, 5.41) is 1.67. The Morgan fingerprint density at radius 3 is 2.12 bits per heavy atom. The van der Waals surface area contributed by atoms with Gasteiger partial charge in [-0.05, 0) is 72.1 Å². The summed E-state index contributed by atoms with van der Waals surface area (Å²) in [5.41, 5.74) is 0. The molecule has 0 unspecified atom stereocenters. The minimum absolute atomic E-state index is 0.0663. The fraction of sp³-hybridized carbons (Fsp3) is 0.333. The van der Waals surface area contributed by atoms with Crippen LogP contribution in [0.15, 0.2) is 70.5 Å². The summed E-state index contributed by atoms with van der Waals surface area (Å²) in [6.07, 6.45) is 2.81. The van der Waals surface area contributed by atoms with Crippen LogP contribution in [-0.2, 0) is 20.0 Å². The van der Waals surface area contributed by atoms with Gasteiger partial charge in [0.05, 0.1) is 16.9 Å². The summed E-state index contributed by atoms with van der Waals surface area (Å²) in [6.45, 7) is 1.26. The van der Waals surface area contributed by atoms with Crippen LogP contribution in [0.2, 0.25) is 0 Å². The van der Waals surface area contributed by atoms with E-state index in [0.29, 0.717) is 24.6 Å². The monoisotopic (exact) mass is 504 g/mol. The lowest BCUT2D eigenvalue weighted by Gasteiger charge is -2.25. The summed E-state index contributed by atoms with van der Waals surface area (Å²) in [4.78, 5) is 0.397. The Hall–Kier alpha value is -2.66. The van der Waals surface area contributed by atoms with Crippen molar-refractivity contribution in [3.63, 3.8) is 0 Å². The van der Waals surface area contributed by atoms with Gasteiger partial charge < -0.3 is 9.47 Å². The Balaban J connectivity index is 1.32. The number of rotatable bonds is 9. The molecule has 0 atom stereocenters. The number of nitrogens with one attached hydrogen (secondary N) is 1. The van der Waals surface area contributed by atoms with E-state index in [2.05, 4.69) is 4.72 Å². The van der Waals surface area contributed by atoms with E-state index in [9.17, 15) is 16.8 Å². The van der Waals surface area contributed by atoms with E-state index in [-0.39, 0.29) is 22.9 Å². The molecule has 34 heavy (non-hydrogen) atoms. The molecule has 0 aromatic heterocycles. The van der Waals surface area contributed by atoms with Gasteiger partial charge in [0.1, 0.15) is 18.1 Å². The number of methoxy groups -OCH3 is 1. The first-order chi connectivity index (χ1) is 16.3. The number of ether oxygens (including phenoxy) is 2. The molecule has 8 nitrogen and oxygen atoms in total. The summed E-state index contributed by atoms with van der Waals surface area (Å²) in [5.74, 6) is 1.17. The summed E-state index contributed by atoms with van der Waals surface area (Å²) in [7, 11) is -5.62. The quantitative estimate of drug-likeness (QED) is 0.448. The Morgan fingerprint density at radius 2 is 1.41 bits per heavy atom. The Morgan fingerprint density at radius 1 is 0.794 bits per heavy atom. The van der Waals surface area contributed by atoms with Gasteiger partial charge in [-0.2, -0.15) is 4.31 Å². The van der Waals surface area contributed by atoms with Crippen LogP contribution >= 0.6 is 0 Å². The van der Waals surface area contributed by atoms with Crippen molar-refractivity contribution < 1.29 is 26.3 Å². The normalized spacial score (nSPS) is 15.3. The zero-order valence-corrected chi connectivity index (χ0v) is 20.6. The summed E-state index contributed by atoms with van der Waals surface area (Å²) < 4.78 is 65.6. The van der Waals surface area contributed by atoms with E-state index in [1.165, 1.54) is 16.4 Å². The SMILES string of the molecule is COc1ccc2cc(S(=O)(=O)NCCOc3ccc(S(=O)(=O)N4CCCCC4)cc3)ccc2c1. The molecule has 0 spiro atoms. The smallest absolute Gasteiger partial charge is 0.243 e. The Labute approximate surface area is 200 Å². The maximum absolute atomic E-state index is 12.7. The van der Waals surface area contributed by atoms with Crippen LogP contribution < -0.4 is 14.2 Å². The highest BCUT2D eigenvalue weighted by atomic mass is 32.2. The maximum Gasteiger partial charge on any atom is 0.243 e. The van der Waals surface area contributed by atoms with E-state index < -0.39 is 20.0 Å². The number of sulfonamides is 2. The highest BCUT2D eigenvalue weighted by Crippen LogP contribution is 2.24. The number of benzene rings is 3. The lowest BCUT2D eigenvalue weighted by atomic mass is 10.1. The van der Waals surface area contributed by atoms with Crippen molar-refractivity contribution in [3.8, 4) is 11.5 Å². The molecule has 3 aromatic rings. The number of hydrogen-bond acceptors (Lipinski definition) is 6. The van der Waals surface area contributed by atoms with Crippen LogP contribution in [0.1, 0.15) is 19.3 Å². The molecule has 1 heterocycles. The van der Waals surface area contributed by atoms with E-state index in [0.717, 1.165) is 30.0 Å². The van der Waals surface area contributed by atoms with Gasteiger partial charge in [0, 0.05) is 19.6 Å². The third-order valence-electron chi connectivity index (χ3n) is 5.77. The molecule has 4 rings (SSSR count). The van der Waals surface area contributed by atoms with E-state index in [1.54, 1.807) is 43.5 Å². The molecule has 0 radical (unpaired) electrons. The first-order valence-corrected chi connectivity index (χ1v) is 14.0. The van der Waals surface area contributed by atoms with Crippen LogP contribution in [0, 0.1) is 0 Å². The lowest BCUT2D eigenvalue weighted by molar-refractivity contribution is 0.322. The average Bonchev–Trinajstić information content (AvgIpc) is 2.86. The van der Waals surface area contributed by atoms with E-state index >= 15 is 0 Å². The lowest BCUT2D eigenvalue weighted by Crippen LogP contribution is -2.35. The molecule has 1 aliphatic heterocycles. The molecule has 182 valence electrons. The molecular weight excluding hydrogens is 476 g/mol. The van der Waals surface area contributed by atoms with Gasteiger partial charge in [-0.1, -0.05) is 18.6 Å². The second kappa shape index (κ2) is 10.3. The highest BCUT2D eigenvalue weighted by Gasteiger charge is 2.25. The van der Waals surface area contributed by atoms with Crippen LogP contribution in [-0.4, -0.2) is 54.5 Å². The van der Waals surface area contributed by atoms with Crippen molar-refractivity contribution in [2.45, 2.75) is 29.1 Å². The topological polar surface area (TPSA) is 102 Å². The zero-order chi connectivity index (χ0) is 24.2. The van der Waals surface area contributed by atoms with Crippen LogP contribution in [0.4, 0.5) is 0 Å². The second-order valence-electron chi connectivity index (χ2n) is 8.06. The number of hydrogen-bond donors (Lipinski definition) is 1. The second-order valence-corrected chi connectivity index (χ2v) is 11.8. The first-order valence-electron chi connectivity index (χ1n) is 11.1. The third kappa shape index (κ3) is 5.52. The minimum Gasteiger partial charge on any atom is -0.497 e. The Bertz CT molecular complexity index is 1350. The fourth-order valence-electron chi connectivity index (χ4n) is 3.89. The van der Waals surface area contributed by atoms with Crippen LogP contribution in [0.25, 0.3) is 10.8 Å². The largest absolute Gasteiger partial charge is 0.497 e. The van der Waals surface area contributed by atoms with Crippen molar-refractivity contribution in [1.29, 1.82) is 0 Å². The molecule has 10 heteroatoms. The molecule has 1 fully saturated rings. The average molecular weight is 505 g/mol. The zero-order valence-electron chi connectivity index (χ0n) is 18.9. The molecule has 1 saturated heterocycles. The highest BCUT2D eigenvalue weighted by molar-refractivity contribution is 7.89.